The van der Waals surface area contributed by atoms with Gasteiger partial charge in [-0.3, -0.25) is 4.99 Å². The zero-order chi connectivity index (χ0) is 14.7. The van der Waals surface area contributed by atoms with Crippen LogP contribution in [0, 0.1) is 0 Å². The molecule has 0 radical (unpaired) electrons. The Kier molecular flexibility index (Phi) is 13.0. The van der Waals surface area contributed by atoms with Gasteiger partial charge in [0.15, 0.2) is 5.96 Å². The highest BCUT2D eigenvalue weighted by atomic mass is 127. The molecular formula is C13H29IN4O2. The summed E-state index contributed by atoms with van der Waals surface area (Å²) in [6.45, 7) is 9.86. The largest absolute Gasteiger partial charge is 0.444 e. The molecule has 0 bridgehead atoms. The predicted molar refractivity (Wildman–Crippen MR) is 93.9 cm³/mol. The summed E-state index contributed by atoms with van der Waals surface area (Å²) in [7, 11) is 1.74. The van der Waals surface area contributed by atoms with Gasteiger partial charge in [0.2, 0.25) is 0 Å². The number of carbonyl (C=O) groups excluding carboxylic acids is 1. The molecule has 3 N–H and O–H groups in total. The van der Waals surface area contributed by atoms with Crippen LogP contribution >= 0.6 is 24.0 Å². The van der Waals surface area contributed by atoms with Gasteiger partial charge in [0, 0.05) is 26.7 Å². The van der Waals surface area contributed by atoms with Crippen LogP contribution in [0.3, 0.4) is 0 Å². The lowest BCUT2D eigenvalue weighted by Crippen LogP contribution is -2.39. The molecule has 0 rings (SSSR count). The molecule has 0 unspecified atom stereocenters. The first kappa shape index (κ1) is 21.6. The predicted octanol–water partition coefficient (Wildman–Crippen LogP) is 2.09. The zero-order valence-electron chi connectivity index (χ0n) is 13.2. The number of halogens is 1. The first-order valence-electron chi connectivity index (χ1n) is 6.80. The van der Waals surface area contributed by atoms with Gasteiger partial charge >= 0.3 is 6.09 Å². The van der Waals surface area contributed by atoms with Crippen molar-refractivity contribution in [2.75, 3.05) is 26.7 Å². The van der Waals surface area contributed by atoms with Gasteiger partial charge in [-0.05, 0) is 33.6 Å². The highest BCUT2D eigenvalue weighted by Gasteiger charge is 2.15. The molecule has 20 heavy (non-hydrogen) atoms. The number of hydrogen-bond donors (Lipinski definition) is 3. The van der Waals surface area contributed by atoms with E-state index in [1.807, 2.05) is 20.8 Å². The summed E-state index contributed by atoms with van der Waals surface area (Å²) in [5.41, 5.74) is -0.450. The highest BCUT2D eigenvalue weighted by Crippen LogP contribution is 2.06. The smallest absolute Gasteiger partial charge is 0.407 e. The number of nitrogens with one attached hydrogen (secondary N) is 3. The van der Waals surface area contributed by atoms with Crippen LogP contribution in [0.25, 0.3) is 0 Å². The number of ether oxygens (including phenoxy) is 1. The summed E-state index contributed by atoms with van der Waals surface area (Å²) in [5, 5.41) is 9.06. The van der Waals surface area contributed by atoms with Gasteiger partial charge in [-0.15, -0.1) is 24.0 Å². The first-order valence-corrected chi connectivity index (χ1v) is 6.80. The van der Waals surface area contributed by atoms with Gasteiger partial charge in [0.25, 0.3) is 0 Å². The summed E-state index contributed by atoms with van der Waals surface area (Å²) in [6.07, 6.45) is 1.49. The van der Waals surface area contributed by atoms with E-state index in [9.17, 15) is 4.79 Å². The van der Waals surface area contributed by atoms with Gasteiger partial charge in [-0.25, -0.2) is 4.79 Å². The van der Waals surface area contributed by atoms with Gasteiger partial charge in [0.1, 0.15) is 5.60 Å². The standard InChI is InChI=1S/C13H28N4O2.HI/c1-6-8-15-11(14-5)16-9-7-10-17-12(18)19-13(2,3)4;/h6-10H2,1-5H3,(H,17,18)(H2,14,15,16);1H. The Morgan fingerprint density at radius 2 is 1.65 bits per heavy atom. The van der Waals surface area contributed by atoms with E-state index in [1.54, 1.807) is 7.05 Å². The first-order chi connectivity index (χ1) is 8.89. The lowest BCUT2D eigenvalue weighted by molar-refractivity contribution is 0.0527. The van der Waals surface area contributed by atoms with E-state index < -0.39 is 5.60 Å². The molecule has 0 fully saturated rings. The molecule has 0 aliphatic carbocycles. The van der Waals surface area contributed by atoms with E-state index in [-0.39, 0.29) is 30.1 Å². The van der Waals surface area contributed by atoms with Crippen LogP contribution in [-0.2, 0) is 4.74 Å². The third-order valence-corrected chi connectivity index (χ3v) is 2.08. The summed E-state index contributed by atoms with van der Waals surface area (Å²) in [6, 6.07) is 0. The zero-order valence-corrected chi connectivity index (χ0v) is 15.5. The van der Waals surface area contributed by atoms with Crippen molar-refractivity contribution in [2.24, 2.45) is 4.99 Å². The van der Waals surface area contributed by atoms with Crippen LogP contribution < -0.4 is 16.0 Å². The van der Waals surface area contributed by atoms with Crippen LogP contribution in [0.5, 0.6) is 0 Å². The van der Waals surface area contributed by atoms with Gasteiger partial charge in [-0.1, -0.05) is 6.92 Å². The Hall–Kier alpha value is -0.730. The van der Waals surface area contributed by atoms with E-state index in [2.05, 4.69) is 27.9 Å². The van der Waals surface area contributed by atoms with Crippen molar-refractivity contribution in [3.05, 3.63) is 0 Å². The number of aliphatic imine (C=N–C) groups is 1. The molecule has 6 nitrogen and oxygen atoms in total. The maximum atomic E-state index is 11.4. The van der Waals surface area contributed by atoms with Crippen LogP contribution in [0.15, 0.2) is 4.99 Å². The lowest BCUT2D eigenvalue weighted by atomic mass is 10.2. The summed E-state index contributed by atoms with van der Waals surface area (Å²) in [5.74, 6) is 0.791. The minimum atomic E-state index is -0.450. The van der Waals surface area contributed by atoms with Crippen LogP contribution in [-0.4, -0.2) is 44.3 Å². The van der Waals surface area contributed by atoms with Crippen molar-refractivity contribution >= 4 is 36.0 Å². The Morgan fingerprint density at radius 1 is 1.10 bits per heavy atom. The van der Waals surface area contributed by atoms with Crippen LogP contribution in [0.4, 0.5) is 4.79 Å². The number of carbonyl (C=O) groups is 1. The number of alkyl carbamates (subject to hydrolysis) is 1. The number of hydrogen-bond acceptors (Lipinski definition) is 3. The second-order valence-corrected chi connectivity index (χ2v) is 5.21. The highest BCUT2D eigenvalue weighted by molar-refractivity contribution is 14.0. The summed E-state index contributed by atoms with van der Waals surface area (Å²) >= 11 is 0. The van der Waals surface area contributed by atoms with Gasteiger partial charge in [0.05, 0.1) is 0 Å². The third-order valence-electron chi connectivity index (χ3n) is 2.08. The van der Waals surface area contributed by atoms with E-state index in [1.165, 1.54) is 0 Å². The molecule has 0 saturated heterocycles. The third kappa shape index (κ3) is 13.7. The fourth-order valence-corrected chi connectivity index (χ4v) is 1.26. The van der Waals surface area contributed by atoms with Gasteiger partial charge in [-0.2, -0.15) is 0 Å². The molecule has 0 aromatic heterocycles. The van der Waals surface area contributed by atoms with Crippen LogP contribution in [0.1, 0.15) is 40.5 Å². The molecule has 0 aromatic carbocycles. The second kappa shape index (κ2) is 12.0. The quantitative estimate of drug-likeness (QED) is 0.276. The van der Waals surface area contributed by atoms with Crippen LogP contribution in [0.2, 0.25) is 0 Å². The van der Waals surface area contributed by atoms with E-state index in [4.69, 9.17) is 4.74 Å². The molecule has 0 spiro atoms. The average molecular weight is 400 g/mol. The van der Waals surface area contributed by atoms with E-state index in [0.29, 0.717) is 6.54 Å². The SMILES string of the molecule is CCCNC(=NC)NCCCNC(=O)OC(C)(C)C.I. The molecule has 0 aliphatic heterocycles. The van der Waals surface area contributed by atoms with E-state index in [0.717, 1.165) is 31.9 Å². The number of nitrogens with zero attached hydrogens (tertiary/aromatic N) is 1. The molecule has 1 amide bonds. The summed E-state index contributed by atoms with van der Waals surface area (Å²) < 4.78 is 5.13. The van der Waals surface area contributed by atoms with Crippen molar-refractivity contribution < 1.29 is 9.53 Å². The Bertz CT molecular complexity index is 291. The summed E-state index contributed by atoms with van der Waals surface area (Å²) in [4.78, 5) is 15.5. The number of guanidine groups is 1. The Morgan fingerprint density at radius 3 is 2.15 bits per heavy atom. The maximum absolute atomic E-state index is 11.4. The molecule has 120 valence electrons. The molecule has 0 saturated carbocycles. The minimum Gasteiger partial charge on any atom is -0.444 e. The molecule has 0 heterocycles. The topological polar surface area (TPSA) is 74.8 Å². The molecular weight excluding hydrogens is 371 g/mol. The van der Waals surface area contributed by atoms with Crippen molar-refractivity contribution in [1.29, 1.82) is 0 Å². The number of amides is 1. The Balaban J connectivity index is 0. The molecule has 7 heteroatoms. The van der Waals surface area contributed by atoms with Crippen molar-refractivity contribution in [2.45, 2.75) is 46.1 Å². The molecule has 0 atom stereocenters. The number of rotatable bonds is 6. The van der Waals surface area contributed by atoms with Crippen molar-refractivity contribution in [1.82, 2.24) is 16.0 Å². The maximum Gasteiger partial charge on any atom is 0.407 e. The minimum absolute atomic E-state index is 0. The average Bonchev–Trinajstić information content (AvgIpc) is 2.30. The molecule has 0 aromatic rings. The Labute approximate surface area is 139 Å². The molecule has 0 aliphatic rings. The monoisotopic (exact) mass is 400 g/mol. The second-order valence-electron chi connectivity index (χ2n) is 5.21. The van der Waals surface area contributed by atoms with E-state index >= 15 is 0 Å². The normalized spacial score (nSPS) is 11.3. The van der Waals surface area contributed by atoms with Crippen molar-refractivity contribution in [3.8, 4) is 0 Å². The van der Waals surface area contributed by atoms with Crippen molar-refractivity contribution in [3.63, 3.8) is 0 Å². The fourth-order valence-electron chi connectivity index (χ4n) is 1.26. The lowest BCUT2D eigenvalue weighted by Gasteiger charge is -2.19. The van der Waals surface area contributed by atoms with Gasteiger partial charge < -0.3 is 20.7 Å². The fraction of sp³-hybridized carbons (Fsp3) is 0.846.